The summed E-state index contributed by atoms with van der Waals surface area (Å²) in [6.07, 6.45) is 3.76. The second kappa shape index (κ2) is 2.78. The zero-order valence-electron chi connectivity index (χ0n) is 7.56. The topological polar surface area (TPSA) is 54.5 Å². The summed E-state index contributed by atoms with van der Waals surface area (Å²) >= 11 is 0. The smallest absolute Gasteiger partial charge is 0.211 e. The molecule has 0 bridgehead atoms. The predicted molar refractivity (Wildman–Crippen MR) is 47.7 cm³/mol. The molecule has 2 rings (SSSR count). The number of Topliss-reactive ketones (excluding diaryl/α,β-unsaturated/α-hetero) is 1. The highest BCUT2D eigenvalue weighted by Gasteiger charge is 2.44. The molecule has 0 spiro atoms. The van der Waals surface area contributed by atoms with E-state index in [1.807, 2.05) is 0 Å². The van der Waals surface area contributed by atoms with E-state index >= 15 is 0 Å². The zero-order chi connectivity index (χ0) is 9.64. The van der Waals surface area contributed by atoms with Gasteiger partial charge in [0, 0.05) is 12.5 Å². The van der Waals surface area contributed by atoms with Crippen molar-refractivity contribution in [2.24, 2.45) is 5.92 Å². The summed E-state index contributed by atoms with van der Waals surface area (Å²) < 4.78 is 24.0. The van der Waals surface area contributed by atoms with E-state index in [1.165, 1.54) is 10.6 Å². The van der Waals surface area contributed by atoms with Gasteiger partial charge in [0.1, 0.15) is 5.78 Å². The first-order valence-electron chi connectivity index (χ1n) is 4.47. The molecule has 0 N–H and O–H groups in total. The molecule has 13 heavy (non-hydrogen) atoms. The fourth-order valence-electron chi connectivity index (χ4n) is 1.94. The van der Waals surface area contributed by atoms with Crippen LogP contribution in [0.3, 0.4) is 0 Å². The van der Waals surface area contributed by atoms with Gasteiger partial charge in [0.15, 0.2) is 0 Å². The number of ketones is 1. The van der Waals surface area contributed by atoms with Gasteiger partial charge in [0.25, 0.3) is 0 Å². The Morgan fingerprint density at radius 2 is 2.00 bits per heavy atom. The lowest BCUT2D eigenvalue weighted by atomic mass is 10.1. The first kappa shape index (κ1) is 9.15. The largest absolute Gasteiger partial charge is 0.298 e. The minimum Gasteiger partial charge on any atom is -0.298 e. The van der Waals surface area contributed by atoms with Gasteiger partial charge >= 0.3 is 0 Å². The predicted octanol–water partition coefficient (Wildman–Crippen LogP) is -0.000600. The molecular weight excluding hydrogens is 190 g/mol. The lowest BCUT2D eigenvalue weighted by Gasteiger charge is -2.20. The molecule has 1 unspecified atom stereocenters. The zero-order valence-corrected chi connectivity index (χ0v) is 8.38. The van der Waals surface area contributed by atoms with Gasteiger partial charge < -0.3 is 0 Å². The Balaban J connectivity index is 2.21. The van der Waals surface area contributed by atoms with Crippen molar-refractivity contribution in [2.45, 2.75) is 25.3 Å². The van der Waals surface area contributed by atoms with Gasteiger partial charge in [-0.05, 0) is 18.8 Å². The van der Waals surface area contributed by atoms with Crippen molar-refractivity contribution in [3.8, 4) is 0 Å². The molecule has 1 saturated carbocycles. The van der Waals surface area contributed by atoms with E-state index in [-0.39, 0.29) is 18.4 Å². The molecule has 1 aliphatic heterocycles. The van der Waals surface area contributed by atoms with Gasteiger partial charge in [-0.25, -0.2) is 8.42 Å². The van der Waals surface area contributed by atoms with E-state index in [2.05, 4.69) is 0 Å². The summed E-state index contributed by atoms with van der Waals surface area (Å²) in [6.45, 7) is 0.0972. The Morgan fingerprint density at radius 3 is 2.46 bits per heavy atom. The molecule has 5 heteroatoms. The molecule has 2 fully saturated rings. The highest BCUT2D eigenvalue weighted by Crippen LogP contribution is 2.40. The standard InChI is InChI=1S/C8H13NO3S/c1-13(11,12)9-5-7(10)4-8(9)6-2-3-6/h6,8H,2-5H2,1H3. The minimum atomic E-state index is -3.18. The second-order valence-electron chi connectivity index (χ2n) is 3.96. The number of sulfonamides is 1. The molecule has 1 atom stereocenters. The number of carbonyl (C=O) groups is 1. The van der Waals surface area contributed by atoms with Crippen LogP contribution in [0.5, 0.6) is 0 Å². The average molecular weight is 203 g/mol. The maximum absolute atomic E-state index is 11.3. The summed E-state index contributed by atoms with van der Waals surface area (Å²) in [5, 5.41) is 0. The van der Waals surface area contributed by atoms with Crippen LogP contribution in [0.4, 0.5) is 0 Å². The van der Waals surface area contributed by atoms with E-state index in [0.717, 1.165) is 12.8 Å². The molecule has 1 aliphatic carbocycles. The van der Waals surface area contributed by atoms with Crippen molar-refractivity contribution in [1.82, 2.24) is 4.31 Å². The van der Waals surface area contributed by atoms with Crippen molar-refractivity contribution in [3.63, 3.8) is 0 Å². The van der Waals surface area contributed by atoms with Crippen molar-refractivity contribution >= 4 is 15.8 Å². The van der Waals surface area contributed by atoms with E-state index in [1.54, 1.807) is 0 Å². The van der Waals surface area contributed by atoms with Crippen LogP contribution in [0.25, 0.3) is 0 Å². The number of nitrogens with zero attached hydrogens (tertiary/aromatic N) is 1. The van der Waals surface area contributed by atoms with Crippen molar-refractivity contribution < 1.29 is 13.2 Å². The SMILES string of the molecule is CS(=O)(=O)N1CC(=O)CC1C1CC1. The normalized spacial score (nSPS) is 31.2. The monoisotopic (exact) mass is 203 g/mol. The van der Waals surface area contributed by atoms with Crippen molar-refractivity contribution in [3.05, 3.63) is 0 Å². The second-order valence-corrected chi connectivity index (χ2v) is 5.89. The first-order valence-corrected chi connectivity index (χ1v) is 6.32. The molecule has 0 radical (unpaired) electrons. The van der Waals surface area contributed by atoms with Crippen molar-refractivity contribution in [2.75, 3.05) is 12.8 Å². The van der Waals surface area contributed by atoms with E-state index in [0.29, 0.717) is 12.3 Å². The molecule has 1 heterocycles. The third-order valence-corrected chi connectivity index (χ3v) is 3.98. The summed E-state index contributed by atoms with van der Waals surface area (Å²) in [5.74, 6) is 0.503. The first-order chi connectivity index (χ1) is 5.98. The number of carbonyl (C=O) groups excluding carboxylic acids is 1. The Labute approximate surface area is 78.0 Å². The maximum Gasteiger partial charge on any atom is 0.211 e. The van der Waals surface area contributed by atoms with Crippen molar-refractivity contribution in [1.29, 1.82) is 0 Å². The molecule has 0 aromatic rings. The lowest BCUT2D eigenvalue weighted by Crippen LogP contribution is -2.36. The minimum absolute atomic E-state index is 0.0255. The van der Waals surface area contributed by atoms with Crippen LogP contribution >= 0.6 is 0 Å². The highest BCUT2D eigenvalue weighted by atomic mass is 32.2. The Kier molecular flexibility index (Phi) is 1.96. The summed E-state index contributed by atoms with van der Waals surface area (Å²) in [4.78, 5) is 11.1. The average Bonchev–Trinajstić information content (AvgIpc) is 2.73. The van der Waals surface area contributed by atoms with Crippen LogP contribution in [0.1, 0.15) is 19.3 Å². The third-order valence-electron chi connectivity index (χ3n) is 2.73. The van der Waals surface area contributed by atoms with E-state index < -0.39 is 10.0 Å². The number of rotatable bonds is 2. The van der Waals surface area contributed by atoms with Gasteiger partial charge in [-0.2, -0.15) is 4.31 Å². The molecule has 0 aromatic carbocycles. The lowest BCUT2D eigenvalue weighted by molar-refractivity contribution is -0.116. The number of hydrogen-bond donors (Lipinski definition) is 0. The molecule has 0 amide bonds. The molecule has 74 valence electrons. The number of hydrogen-bond acceptors (Lipinski definition) is 3. The van der Waals surface area contributed by atoms with Crippen LogP contribution in [-0.4, -0.2) is 37.3 Å². The third kappa shape index (κ3) is 1.76. The summed E-state index contributed by atoms with van der Waals surface area (Å²) in [7, 11) is -3.18. The van der Waals surface area contributed by atoms with Gasteiger partial charge in [0.05, 0.1) is 12.8 Å². The summed E-state index contributed by atoms with van der Waals surface area (Å²) in [5.41, 5.74) is 0. The van der Waals surface area contributed by atoms with Crippen LogP contribution in [0.2, 0.25) is 0 Å². The van der Waals surface area contributed by atoms with E-state index in [4.69, 9.17) is 0 Å². The van der Waals surface area contributed by atoms with Gasteiger partial charge in [-0.3, -0.25) is 4.79 Å². The van der Waals surface area contributed by atoms with Crippen LogP contribution in [0, 0.1) is 5.92 Å². The summed E-state index contributed by atoms with van der Waals surface area (Å²) in [6, 6.07) is -0.0255. The van der Waals surface area contributed by atoms with Gasteiger partial charge in [-0.15, -0.1) is 0 Å². The molecule has 1 saturated heterocycles. The molecule has 2 aliphatic rings. The quantitative estimate of drug-likeness (QED) is 0.634. The van der Waals surface area contributed by atoms with Crippen LogP contribution < -0.4 is 0 Å². The Bertz CT molecular complexity index is 331. The van der Waals surface area contributed by atoms with E-state index in [9.17, 15) is 13.2 Å². The fourth-order valence-corrected chi connectivity index (χ4v) is 3.05. The molecular formula is C8H13NO3S. The Hall–Kier alpha value is -0.420. The Morgan fingerprint density at radius 1 is 1.38 bits per heavy atom. The molecule has 4 nitrogen and oxygen atoms in total. The van der Waals surface area contributed by atoms with Gasteiger partial charge in [0.2, 0.25) is 10.0 Å². The maximum atomic E-state index is 11.3. The fraction of sp³-hybridized carbons (Fsp3) is 0.875. The van der Waals surface area contributed by atoms with Crippen LogP contribution in [-0.2, 0) is 14.8 Å². The van der Waals surface area contributed by atoms with Gasteiger partial charge in [-0.1, -0.05) is 0 Å². The van der Waals surface area contributed by atoms with Crippen LogP contribution in [0.15, 0.2) is 0 Å². The highest BCUT2D eigenvalue weighted by molar-refractivity contribution is 7.88. The molecule has 0 aromatic heterocycles.